The molecule has 1 atom stereocenters. The predicted octanol–water partition coefficient (Wildman–Crippen LogP) is 1.48. The van der Waals surface area contributed by atoms with Gasteiger partial charge in [0, 0.05) is 18.7 Å². The number of β-amino-alcohol motifs (C(OH)–C–C–N with tert-alkyl or cyclic N) is 1. The Labute approximate surface area is 88.4 Å². The molecular weight excluding hydrogens is 193 g/mol. The van der Waals surface area contributed by atoms with E-state index in [1.807, 2.05) is 13.0 Å². The van der Waals surface area contributed by atoms with Gasteiger partial charge in [0.05, 0.1) is 6.10 Å². The van der Waals surface area contributed by atoms with Crippen LogP contribution < -0.4 is 5.32 Å². The summed E-state index contributed by atoms with van der Waals surface area (Å²) in [6.07, 6.45) is 1.19. The Kier molecular flexibility index (Phi) is 2.84. The third kappa shape index (κ3) is 2.25. The number of aliphatic hydroxyl groups is 1. The lowest BCUT2D eigenvalue weighted by Crippen LogP contribution is -2.31. The average molecular weight is 207 g/mol. The number of aliphatic hydroxyl groups excluding tert-OH is 1. The standard InChI is InChI=1S/C12H14FNO/c1-8-2-3-11(12(13)4-8)9-5-10(15)7-14-6-9/h2-5,10,14-15H,6-7H2,1H3. The molecule has 0 fully saturated rings. The van der Waals surface area contributed by atoms with E-state index >= 15 is 0 Å². The zero-order chi connectivity index (χ0) is 10.8. The molecule has 1 aliphatic heterocycles. The van der Waals surface area contributed by atoms with Crippen LogP contribution in [-0.4, -0.2) is 24.3 Å². The van der Waals surface area contributed by atoms with Crippen LogP contribution in [0.5, 0.6) is 0 Å². The van der Waals surface area contributed by atoms with E-state index in [0.717, 1.165) is 11.1 Å². The Morgan fingerprint density at radius 2 is 2.27 bits per heavy atom. The van der Waals surface area contributed by atoms with E-state index < -0.39 is 6.10 Å². The number of hydrogen-bond acceptors (Lipinski definition) is 2. The van der Waals surface area contributed by atoms with Crippen molar-refractivity contribution < 1.29 is 9.50 Å². The summed E-state index contributed by atoms with van der Waals surface area (Å²) >= 11 is 0. The molecule has 0 radical (unpaired) electrons. The summed E-state index contributed by atoms with van der Waals surface area (Å²) < 4.78 is 13.6. The van der Waals surface area contributed by atoms with Gasteiger partial charge in [-0.1, -0.05) is 12.1 Å². The fourth-order valence-electron chi connectivity index (χ4n) is 1.77. The minimum atomic E-state index is -0.519. The minimum absolute atomic E-state index is 0.225. The maximum absolute atomic E-state index is 13.6. The normalized spacial score (nSPS) is 21.3. The van der Waals surface area contributed by atoms with Gasteiger partial charge in [-0.2, -0.15) is 0 Å². The van der Waals surface area contributed by atoms with Crippen molar-refractivity contribution >= 4 is 5.57 Å². The highest BCUT2D eigenvalue weighted by atomic mass is 19.1. The number of aryl methyl sites for hydroxylation is 1. The lowest BCUT2D eigenvalue weighted by Gasteiger charge is -2.19. The van der Waals surface area contributed by atoms with Crippen LogP contribution in [0, 0.1) is 12.7 Å². The van der Waals surface area contributed by atoms with Crippen molar-refractivity contribution in [1.82, 2.24) is 5.32 Å². The first-order valence-electron chi connectivity index (χ1n) is 5.03. The van der Waals surface area contributed by atoms with E-state index in [1.54, 1.807) is 12.1 Å². The van der Waals surface area contributed by atoms with Crippen molar-refractivity contribution in [2.24, 2.45) is 0 Å². The number of benzene rings is 1. The molecule has 0 aliphatic carbocycles. The van der Waals surface area contributed by atoms with Crippen molar-refractivity contribution in [2.75, 3.05) is 13.1 Å². The molecule has 1 heterocycles. The molecule has 0 bridgehead atoms. The van der Waals surface area contributed by atoms with E-state index in [-0.39, 0.29) is 5.82 Å². The van der Waals surface area contributed by atoms with Crippen molar-refractivity contribution in [2.45, 2.75) is 13.0 Å². The molecular formula is C12H14FNO. The molecule has 2 rings (SSSR count). The fraction of sp³-hybridized carbons (Fsp3) is 0.333. The Morgan fingerprint density at radius 1 is 1.47 bits per heavy atom. The van der Waals surface area contributed by atoms with Crippen molar-refractivity contribution in [3.8, 4) is 0 Å². The number of rotatable bonds is 1. The largest absolute Gasteiger partial charge is 0.388 e. The summed E-state index contributed by atoms with van der Waals surface area (Å²) in [6, 6.07) is 5.15. The molecule has 80 valence electrons. The van der Waals surface area contributed by atoms with E-state index in [1.165, 1.54) is 6.07 Å². The van der Waals surface area contributed by atoms with Crippen LogP contribution in [0.3, 0.4) is 0 Å². The Bertz CT molecular complexity index is 401. The maximum atomic E-state index is 13.6. The van der Waals surface area contributed by atoms with Gasteiger partial charge in [0.25, 0.3) is 0 Å². The van der Waals surface area contributed by atoms with Gasteiger partial charge in [-0.3, -0.25) is 0 Å². The summed E-state index contributed by atoms with van der Waals surface area (Å²) in [7, 11) is 0. The molecule has 0 spiro atoms. The zero-order valence-corrected chi connectivity index (χ0v) is 8.63. The molecule has 0 saturated heterocycles. The molecule has 1 aromatic carbocycles. The van der Waals surface area contributed by atoms with Gasteiger partial charge in [0.2, 0.25) is 0 Å². The molecule has 15 heavy (non-hydrogen) atoms. The quantitative estimate of drug-likeness (QED) is 0.731. The summed E-state index contributed by atoms with van der Waals surface area (Å²) in [4.78, 5) is 0. The second-order valence-electron chi connectivity index (χ2n) is 3.87. The second-order valence-corrected chi connectivity index (χ2v) is 3.87. The van der Waals surface area contributed by atoms with E-state index in [0.29, 0.717) is 18.7 Å². The predicted molar refractivity (Wildman–Crippen MR) is 58.0 cm³/mol. The topological polar surface area (TPSA) is 32.3 Å². The first kappa shape index (κ1) is 10.3. The lowest BCUT2D eigenvalue weighted by molar-refractivity contribution is 0.217. The third-order valence-corrected chi connectivity index (χ3v) is 2.53. The minimum Gasteiger partial charge on any atom is -0.388 e. The molecule has 1 unspecified atom stereocenters. The molecule has 0 saturated carbocycles. The molecule has 2 N–H and O–H groups in total. The fourth-order valence-corrected chi connectivity index (χ4v) is 1.77. The zero-order valence-electron chi connectivity index (χ0n) is 8.63. The van der Waals surface area contributed by atoms with Gasteiger partial charge in [-0.05, 0) is 30.2 Å². The van der Waals surface area contributed by atoms with Crippen LogP contribution in [0.25, 0.3) is 5.57 Å². The molecule has 1 aliphatic rings. The summed E-state index contributed by atoms with van der Waals surface area (Å²) in [5.41, 5.74) is 2.30. The molecule has 1 aromatic rings. The van der Waals surface area contributed by atoms with Crippen LogP contribution >= 0.6 is 0 Å². The average Bonchev–Trinajstić information content (AvgIpc) is 2.17. The highest BCUT2D eigenvalue weighted by Gasteiger charge is 2.14. The third-order valence-electron chi connectivity index (χ3n) is 2.53. The van der Waals surface area contributed by atoms with Crippen LogP contribution in [0.4, 0.5) is 4.39 Å². The lowest BCUT2D eigenvalue weighted by atomic mass is 9.99. The van der Waals surface area contributed by atoms with Crippen LogP contribution in [0.1, 0.15) is 11.1 Å². The van der Waals surface area contributed by atoms with E-state index in [4.69, 9.17) is 0 Å². The van der Waals surface area contributed by atoms with Gasteiger partial charge in [0.1, 0.15) is 5.82 Å². The molecule has 0 aromatic heterocycles. The highest BCUT2D eigenvalue weighted by molar-refractivity contribution is 5.68. The van der Waals surface area contributed by atoms with Crippen LogP contribution in [-0.2, 0) is 0 Å². The van der Waals surface area contributed by atoms with Gasteiger partial charge in [-0.25, -0.2) is 4.39 Å². The van der Waals surface area contributed by atoms with Crippen LogP contribution in [0.2, 0.25) is 0 Å². The molecule has 2 nitrogen and oxygen atoms in total. The van der Waals surface area contributed by atoms with Gasteiger partial charge in [-0.15, -0.1) is 0 Å². The number of halogens is 1. The summed E-state index contributed by atoms with van der Waals surface area (Å²) in [5, 5.41) is 12.5. The number of hydrogen-bond donors (Lipinski definition) is 2. The monoisotopic (exact) mass is 207 g/mol. The van der Waals surface area contributed by atoms with Crippen LogP contribution in [0.15, 0.2) is 24.3 Å². The van der Waals surface area contributed by atoms with E-state index in [9.17, 15) is 9.50 Å². The van der Waals surface area contributed by atoms with Crippen molar-refractivity contribution in [3.63, 3.8) is 0 Å². The molecule has 3 heteroatoms. The van der Waals surface area contributed by atoms with E-state index in [2.05, 4.69) is 5.32 Å². The highest BCUT2D eigenvalue weighted by Crippen LogP contribution is 2.21. The Hall–Kier alpha value is -1.19. The SMILES string of the molecule is Cc1ccc(C2=CC(O)CNC2)c(F)c1. The molecule has 0 amide bonds. The first-order valence-corrected chi connectivity index (χ1v) is 5.03. The Morgan fingerprint density at radius 3 is 2.93 bits per heavy atom. The second kappa shape index (κ2) is 4.13. The maximum Gasteiger partial charge on any atom is 0.131 e. The first-order chi connectivity index (χ1) is 7.16. The van der Waals surface area contributed by atoms with Gasteiger partial charge >= 0.3 is 0 Å². The van der Waals surface area contributed by atoms with Gasteiger partial charge < -0.3 is 10.4 Å². The van der Waals surface area contributed by atoms with Crippen molar-refractivity contribution in [1.29, 1.82) is 0 Å². The number of nitrogens with one attached hydrogen (secondary N) is 1. The van der Waals surface area contributed by atoms with Gasteiger partial charge in [0.15, 0.2) is 0 Å². The smallest absolute Gasteiger partial charge is 0.131 e. The summed E-state index contributed by atoms with van der Waals surface area (Å²) in [6.45, 7) is 3.00. The Balaban J connectivity index is 2.37. The summed E-state index contributed by atoms with van der Waals surface area (Å²) in [5.74, 6) is -0.225. The van der Waals surface area contributed by atoms with Crippen molar-refractivity contribution in [3.05, 3.63) is 41.2 Å².